The van der Waals surface area contributed by atoms with Crippen molar-refractivity contribution in [2.75, 3.05) is 0 Å². The molecule has 0 radical (unpaired) electrons. The maximum atomic E-state index is 12.1. The van der Waals surface area contributed by atoms with E-state index in [1.807, 2.05) is 0 Å². The topological polar surface area (TPSA) is 17.1 Å². The number of allylic oxidation sites excluding steroid dienone is 3. The van der Waals surface area contributed by atoms with Crippen LogP contribution in [0.1, 0.15) is 20.3 Å². The molecule has 0 spiro atoms. The molecule has 0 unspecified atom stereocenters. The van der Waals surface area contributed by atoms with Crippen molar-refractivity contribution in [2.24, 2.45) is 5.92 Å². The zero-order chi connectivity index (χ0) is 11.4. The first-order valence-electron chi connectivity index (χ1n) is 4.19. The first-order chi connectivity index (χ1) is 6.29. The van der Waals surface area contributed by atoms with Crippen LogP contribution in [0.4, 0.5) is 13.2 Å². The van der Waals surface area contributed by atoms with Crippen LogP contribution >= 0.6 is 0 Å². The van der Waals surface area contributed by atoms with Gasteiger partial charge in [-0.05, 0) is 13.3 Å². The molecule has 0 bridgehead atoms. The zero-order valence-electron chi connectivity index (χ0n) is 8.19. The van der Waals surface area contributed by atoms with Crippen molar-refractivity contribution in [2.45, 2.75) is 26.4 Å². The van der Waals surface area contributed by atoms with Crippen molar-refractivity contribution in [3.8, 4) is 0 Å². The van der Waals surface area contributed by atoms with E-state index in [-0.39, 0.29) is 18.1 Å². The van der Waals surface area contributed by atoms with E-state index in [9.17, 15) is 18.0 Å². The van der Waals surface area contributed by atoms with Gasteiger partial charge < -0.3 is 0 Å². The molecule has 0 aromatic carbocycles. The molecule has 1 atom stereocenters. The molecule has 0 aliphatic carbocycles. The van der Waals surface area contributed by atoms with E-state index in [1.54, 1.807) is 6.92 Å². The average Bonchev–Trinajstić information content (AvgIpc) is 2.02. The lowest BCUT2D eigenvalue weighted by atomic mass is 10.0. The number of alkyl halides is 3. The smallest absolute Gasteiger partial charge is 0.300 e. The van der Waals surface area contributed by atoms with Gasteiger partial charge in [0.15, 0.2) is 0 Å². The molecule has 4 heteroatoms. The minimum Gasteiger partial charge on any atom is -0.300 e. The van der Waals surface area contributed by atoms with Crippen LogP contribution in [0, 0.1) is 5.92 Å². The third-order valence-electron chi connectivity index (χ3n) is 1.93. The summed E-state index contributed by atoms with van der Waals surface area (Å²) in [6.45, 7) is 6.03. The second-order valence-corrected chi connectivity index (χ2v) is 3.11. The van der Waals surface area contributed by atoms with Gasteiger partial charge >= 0.3 is 6.18 Å². The third kappa shape index (κ3) is 4.25. The van der Waals surface area contributed by atoms with Crippen LogP contribution in [0.15, 0.2) is 24.3 Å². The van der Waals surface area contributed by atoms with E-state index >= 15 is 0 Å². The van der Waals surface area contributed by atoms with Gasteiger partial charge in [-0.15, -0.1) is 0 Å². The van der Waals surface area contributed by atoms with Gasteiger partial charge in [0.2, 0.25) is 0 Å². The first kappa shape index (κ1) is 12.9. The number of ketones is 1. The number of halogens is 3. The van der Waals surface area contributed by atoms with Crippen molar-refractivity contribution in [1.82, 2.24) is 0 Å². The Morgan fingerprint density at radius 2 is 2.00 bits per heavy atom. The Bertz CT molecular complexity index is 251. The fourth-order valence-electron chi connectivity index (χ4n) is 0.784. The molecule has 0 aliphatic heterocycles. The second kappa shape index (κ2) is 4.98. The monoisotopic (exact) mass is 206 g/mol. The Kier molecular flexibility index (Phi) is 4.60. The molecule has 0 aliphatic rings. The van der Waals surface area contributed by atoms with Crippen LogP contribution in [-0.4, -0.2) is 12.0 Å². The summed E-state index contributed by atoms with van der Waals surface area (Å²) >= 11 is 0. The molecule has 0 aromatic rings. The molecule has 1 nitrogen and oxygen atoms in total. The molecule has 0 saturated carbocycles. The normalized spacial score (nSPS) is 15.1. The van der Waals surface area contributed by atoms with Crippen LogP contribution < -0.4 is 0 Å². The van der Waals surface area contributed by atoms with Crippen LogP contribution in [0.5, 0.6) is 0 Å². The van der Waals surface area contributed by atoms with E-state index in [0.29, 0.717) is 0 Å². The van der Waals surface area contributed by atoms with Crippen molar-refractivity contribution in [3.05, 3.63) is 24.3 Å². The molecule has 0 N–H and O–H groups in total. The number of Topliss-reactive ketones (excluding diaryl/α,β-unsaturated/α-hetero) is 1. The van der Waals surface area contributed by atoms with Gasteiger partial charge in [0, 0.05) is 5.92 Å². The summed E-state index contributed by atoms with van der Waals surface area (Å²) in [7, 11) is 0. The molecule has 0 rings (SSSR count). The summed E-state index contributed by atoms with van der Waals surface area (Å²) in [6.07, 6.45) is -2.53. The van der Waals surface area contributed by atoms with E-state index in [4.69, 9.17) is 0 Å². The highest BCUT2D eigenvalue weighted by molar-refractivity contribution is 5.78. The van der Waals surface area contributed by atoms with Crippen molar-refractivity contribution in [3.63, 3.8) is 0 Å². The number of rotatable bonds is 4. The highest BCUT2D eigenvalue weighted by Gasteiger charge is 2.31. The Morgan fingerprint density at radius 1 is 1.50 bits per heavy atom. The zero-order valence-corrected chi connectivity index (χ0v) is 8.19. The lowest BCUT2D eigenvalue weighted by Crippen LogP contribution is -2.11. The molecular weight excluding hydrogens is 193 g/mol. The van der Waals surface area contributed by atoms with Gasteiger partial charge in [-0.2, -0.15) is 13.2 Å². The van der Waals surface area contributed by atoms with Gasteiger partial charge in [0.05, 0.1) is 5.57 Å². The number of carbonyl (C=O) groups excluding carboxylic acids is 1. The first-order valence-corrected chi connectivity index (χ1v) is 4.19. The summed E-state index contributed by atoms with van der Waals surface area (Å²) in [5.74, 6) is -0.501. The van der Waals surface area contributed by atoms with Crippen LogP contribution in [-0.2, 0) is 4.79 Å². The Morgan fingerprint density at radius 3 is 2.29 bits per heavy atom. The lowest BCUT2D eigenvalue weighted by molar-refractivity contribution is -0.120. The predicted octanol–water partition coefficient (Wildman–Crippen LogP) is 3.28. The van der Waals surface area contributed by atoms with Crippen LogP contribution in [0.2, 0.25) is 0 Å². The molecule has 0 amide bonds. The van der Waals surface area contributed by atoms with Crippen LogP contribution in [0.3, 0.4) is 0 Å². The lowest BCUT2D eigenvalue weighted by Gasteiger charge is -2.08. The molecule has 0 fully saturated rings. The minimum absolute atomic E-state index is 0.0934. The van der Waals surface area contributed by atoms with Crippen molar-refractivity contribution >= 4 is 5.78 Å². The summed E-state index contributed by atoms with van der Waals surface area (Å²) in [4.78, 5) is 10.8. The summed E-state index contributed by atoms with van der Waals surface area (Å²) < 4.78 is 36.4. The molecule has 0 heterocycles. The molecular formula is C10H13F3O. The van der Waals surface area contributed by atoms with E-state index < -0.39 is 11.7 Å². The largest absolute Gasteiger partial charge is 0.416 e. The standard InChI is InChI=1S/C10H13F3O/c1-4-9(10(11,12)13)6-5-7(2)8(3)14/h4,6-7H,1,5H2,2-3H3/b9-6-/t7-/m0/s1. The fraction of sp³-hybridized carbons (Fsp3) is 0.500. The Balaban J connectivity index is 4.49. The van der Waals surface area contributed by atoms with Crippen molar-refractivity contribution in [1.29, 1.82) is 0 Å². The average molecular weight is 206 g/mol. The quantitative estimate of drug-likeness (QED) is 0.645. The summed E-state index contributed by atoms with van der Waals surface area (Å²) in [5, 5.41) is 0. The molecule has 80 valence electrons. The van der Waals surface area contributed by atoms with Crippen molar-refractivity contribution < 1.29 is 18.0 Å². The highest BCUT2D eigenvalue weighted by atomic mass is 19.4. The Labute approximate surface area is 81.3 Å². The van der Waals surface area contributed by atoms with Crippen LogP contribution in [0.25, 0.3) is 0 Å². The minimum atomic E-state index is -4.38. The maximum absolute atomic E-state index is 12.1. The van der Waals surface area contributed by atoms with Gasteiger partial charge in [-0.3, -0.25) is 4.79 Å². The Hall–Kier alpha value is -1.06. The SMILES string of the molecule is C=C/C(=C/C[C@H](C)C(C)=O)C(F)(F)F. The highest BCUT2D eigenvalue weighted by Crippen LogP contribution is 2.27. The second-order valence-electron chi connectivity index (χ2n) is 3.11. The molecule has 0 saturated heterocycles. The molecule has 0 aromatic heterocycles. The van der Waals surface area contributed by atoms with Gasteiger partial charge in [-0.25, -0.2) is 0 Å². The van der Waals surface area contributed by atoms with E-state index in [1.165, 1.54) is 6.92 Å². The van der Waals surface area contributed by atoms with E-state index in [0.717, 1.165) is 12.2 Å². The molecule has 14 heavy (non-hydrogen) atoms. The van der Waals surface area contributed by atoms with Gasteiger partial charge in [-0.1, -0.05) is 25.7 Å². The summed E-state index contributed by atoms with van der Waals surface area (Å²) in [6, 6.07) is 0. The number of carbonyl (C=O) groups is 1. The van der Waals surface area contributed by atoms with Gasteiger partial charge in [0.25, 0.3) is 0 Å². The predicted molar refractivity (Wildman–Crippen MR) is 48.8 cm³/mol. The number of hydrogen-bond acceptors (Lipinski definition) is 1. The fourth-order valence-corrected chi connectivity index (χ4v) is 0.784. The van der Waals surface area contributed by atoms with E-state index in [2.05, 4.69) is 6.58 Å². The summed E-state index contributed by atoms with van der Waals surface area (Å²) in [5.41, 5.74) is -0.786. The number of hydrogen-bond donors (Lipinski definition) is 0. The van der Waals surface area contributed by atoms with Gasteiger partial charge in [0.1, 0.15) is 5.78 Å². The maximum Gasteiger partial charge on any atom is 0.416 e. The third-order valence-corrected chi connectivity index (χ3v) is 1.93.